The van der Waals surface area contributed by atoms with Crippen LogP contribution in [0.25, 0.3) is 0 Å². The second-order valence-corrected chi connectivity index (χ2v) is 6.45. The summed E-state index contributed by atoms with van der Waals surface area (Å²) in [6.07, 6.45) is 0. The highest BCUT2D eigenvalue weighted by Gasteiger charge is 2.08. The van der Waals surface area contributed by atoms with Gasteiger partial charge in [0.05, 0.1) is 0 Å². The lowest BCUT2D eigenvalue weighted by Crippen LogP contribution is -2.12. The van der Waals surface area contributed by atoms with Gasteiger partial charge >= 0.3 is 0 Å². The van der Waals surface area contributed by atoms with Gasteiger partial charge in [-0.05, 0) is 65.2 Å². The molecule has 1 heterocycles. The Morgan fingerprint density at radius 3 is 2.44 bits per heavy atom. The van der Waals surface area contributed by atoms with Crippen molar-refractivity contribution in [2.75, 3.05) is 5.32 Å². The predicted octanol–water partition coefficient (Wildman–Crippen LogP) is 3.65. The Bertz CT molecular complexity index is 885. The lowest BCUT2D eigenvalue weighted by Gasteiger charge is -2.09. The predicted molar refractivity (Wildman–Crippen MR) is 103 cm³/mol. The number of aromatic nitrogens is 4. The SMILES string of the molecule is CCn1nnnc1COc1ccc(C(=O)Nc2ccc(C(C)C)cc2)cc1. The minimum Gasteiger partial charge on any atom is -0.486 e. The number of hydrogen-bond acceptors (Lipinski definition) is 5. The van der Waals surface area contributed by atoms with Crippen LogP contribution in [0.15, 0.2) is 48.5 Å². The zero-order valence-electron chi connectivity index (χ0n) is 15.7. The number of amides is 1. The van der Waals surface area contributed by atoms with Crippen LogP contribution in [0.2, 0.25) is 0 Å². The van der Waals surface area contributed by atoms with Crippen molar-refractivity contribution in [2.45, 2.75) is 39.8 Å². The third-order valence-electron chi connectivity index (χ3n) is 4.23. The Morgan fingerprint density at radius 1 is 1.11 bits per heavy atom. The zero-order valence-corrected chi connectivity index (χ0v) is 15.7. The third-order valence-corrected chi connectivity index (χ3v) is 4.23. The van der Waals surface area contributed by atoms with Crippen LogP contribution in [0.4, 0.5) is 5.69 Å². The number of benzene rings is 2. The molecule has 0 spiro atoms. The summed E-state index contributed by atoms with van der Waals surface area (Å²) < 4.78 is 7.36. The van der Waals surface area contributed by atoms with Crippen LogP contribution in [-0.2, 0) is 13.2 Å². The monoisotopic (exact) mass is 365 g/mol. The summed E-state index contributed by atoms with van der Waals surface area (Å²) in [5.74, 6) is 1.61. The normalized spacial score (nSPS) is 10.8. The number of hydrogen-bond donors (Lipinski definition) is 1. The van der Waals surface area contributed by atoms with E-state index in [1.807, 2.05) is 31.2 Å². The fourth-order valence-corrected chi connectivity index (χ4v) is 2.58. The van der Waals surface area contributed by atoms with Crippen molar-refractivity contribution in [1.82, 2.24) is 20.2 Å². The van der Waals surface area contributed by atoms with Gasteiger partial charge in [0.2, 0.25) is 0 Å². The molecule has 2 aromatic carbocycles. The maximum atomic E-state index is 12.4. The van der Waals surface area contributed by atoms with E-state index in [-0.39, 0.29) is 12.5 Å². The molecular formula is C20H23N5O2. The first-order valence-electron chi connectivity index (χ1n) is 8.96. The third kappa shape index (κ3) is 4.69. The Kier molecular flexibility index (Phi) is 5.80. The maximum Gasteiger partial charge on any atom is 0.255 e. The smallest absolute Gasteiger partial charge is 0.255 e. The fraction of sp³-hybridized carbons (Fsp3) is 0.300. The van der Waals surface area contributed by atoms with Crippen molar-refractivity contribution in [3.8, 4) is 5.75 Å². The van der Waals surface area contributed by atoms with Crippen LogP contribution in [0.1, 0.15) is 48.4 Å². The van der Waals surface area contributed by atoms with Crippen molar-refractivity contribution in [1.29, 1.82) is 0 Å². The molecule has 3 aromatic rings. The van der Waals surface area contributed by atoms with E-state index in [0.29, 0.717) is 29.6 Å². The summed E-state index contributed by atoms with van der Waals surface area (Å²) in [7, 11) is 0. The number of carbonyl (C=O) groups excluding carboxylic acids is 1. The molecule has 0 atom stereocenters. The molecule has 0 aliphatic rings. The van der Waals surface area contributed by atoms with Gasteiger partial charge in [-0.3, -0.25) is 4.79 Å². The van der Waals surface area contributed by atoms with Crippen LogP contribution in [0, 0.1) is 0 Å². The number of carbonyl (C=O) groups is 1. The first kappa shape index (κ1) is 18.6. The molecule has 0 radical (unpaired) electrons. The molecule has 7 nitrogen and oxygen atoms in total. The number of tetrazole rings is 1. The highest BCUT2D eigenvalue weighted by atomic mass is 16.5. The number of anilines is 1. The minimum absolute atomic E-state index is 0.159. The van der Waals surface area contributed by atoms with Crippen molar-refractivity contribution in [3.63, 3.8) is 0 Å². The topological polar surface area (TPSA) is 81.9 Å². The molecular weight excluding hydrogens is 342 g/mol. The molecule has 1 N–H and O–H groups in total. The van der Waals surface area contributed by atoms with E-state index in [4.69, 9.17) is 4.74 Å². The summed E-state index contributed by atoms with van der Waals surface area (Å²) in [6.45, 7) is 7.20. The van der Waals surface area contributed by atoms with Gasteiger partial charge in [0, 0.05) is 17.8 Å². The summed E-state index contributed by atoms with van der Waals surface area (Å²) in [5.41, 5.74) is 2.58. The summed E-state index contributed by atoms with van der Waals surface area (Å²) in [4.78, 5) is 12.4. The molecule has 140 valence electrons. The number of ether oxygens (including phenoxy) is 1. The lowest BCUT2D eigenvalue weighted by atomic mass is 10.0. The molecule has 27 heavy (non-hydrogen) atoms. The van der Waals surface area contributed by atoms with Gasteiger partial charge in [0.15, 0.2) is 5.82 Å². The lowest BCUT2D eigenvalue weighted by molar-refractivity contribution is 0.102. The van der Waals surface area contributed by atoms with E-state index >= 15 is 0 Å². The van der Waals surface area contributed by atoms with Crippen molar-refractivity contribution < 1.29 is 9.53 Å². The summed E-state index contributed by atoms with van der Waals surface area (Å²) >= 11 is 0. The Labute approximate surface area is 158 Å². The van der Waals surface area contributed by atoms with Gasteiger partial charge in [-0.15, -0.1) is 5.10 Å². The Hall–Kier alpha value is -3.22. The first-order chi connectivity index (χ1) is 13.1. The van der Waals surface area contributed by atoms with Gasteiger partial charge in [0.25, 0.3) is 5.91 Å². The molecule has 0 bridgehead atoms. The average molecular weight is 365 g/mol. The molecule has 0 aliphatic carbocycles. The molecule has 0 fully saturated rings. The molecule has 1 amide bonds. The van der Waals surface area contributed by atoms with E-state index in [0.717, 1.165) is 5.69 Å². The van der Waals surface area contributed by atoms with Gasteiger partial charge in [0.1, 0.15) is 12.4 Å². The molecule has 3 rings (SSSR count). The van der Waals surface area contributed by atoms with Gasteiger partial charge in [-0.2, -0.15) is 0 Å². The molecule has 0 unspecified atom stereocenters. The van der Waals surface area contributed by atoms with Gasteiger partial charge < -0.3 is 10.1 Å². The highest BCUT2D eigenvalue weighted by Crippen LogP contribution is 2.19. The van der Waals surface area contributed by atoms with Crippen LogP contribution in [-0.4, -0.2) is 26.1 Å². The van der Waals surface area contributed by atoms with Crippen LogP contribution in [0.5, 0.6) is 5.75 Å². The molecule has 1 aromatic heterocycles. The Balaban J connectivity index is 1.58. The van der Waals surface area contributed by atoms with Gasteiger partial charge in [-0.1, -0.05) is 26.0 Å². The van der Waals surface area contributed by atoms with E-state index < -0.39 is 0 Å². The van der Waals surface area contributed by atoms with Crippen LogP contribution in [0.3, 0.4) is 0 Å². The molecule has 7 heteroatoms. The largest absolute Gasteiger partial charge is 0.486 e. The van der Waals surface area contributed by atoms with Crippen LogP contribution < -0.4 is 10.1 Å². The number of nitrogens with one attached hydrogen (secondary N) is 1. The van der Waals surface area contributed by atoms with Crippen molar-refractivity contribution in [2.24, 2.45) is 0 Å². The average Bonchev–Trinajstić information content (AvgIpc) is 3.14. The second kappa shape index (κ2) is 8.44. The van der Waals surface area contributed by atoms with Gasteiger partial charge in [-0.25, -0.2) is 4.68 Å². The minimum atomic E-state index is -0.159. The highest BCUT2D eigenvalue weighted by molar-refractivity contribution is 6.04. The number of aryl methyl sites for hydroxylation is 1. The van der Waals surface area contributed by atoms with Crippen LogP contribution >= 0.6 is 0 Å². The molecule has 0 aliphatic heterocycles. The van der Waals surface area contributed by atoms with E-state index in [1.54, 1.807) is 28.9 Å². The van der Waals surface area contributed by atoms with E-state index in [9.17, 15) is 4.79 Å². The summed E-state index contributed by atoms with van der Waals surface area (Å²) in [5, 5.41) is 14.3. The maximum absolute atomic E-state index is 12.4. The number of nitrogens with zero attached hydrogens (tertiary/aromatic N) is 4. The Morgan fingerprint density at radius 2 is 1.81 bits per heavy atom. The standard InChI is InChI=1S/C20H23N5O2/c1-4-25-19(22-23-24-25)13-27-18-11-7-16(8-12-18)20(26)21-17-9-5-15(6-10-17)14(2)3/h5-12,14H,4,13H2,1-3H3,(H,21,26). The van der Waals surface area contributed by atoms with E-state index in [1.165, 1.54) is 5.56 Å². The van der Waals surface area contributed by atoms with E-state index in [2.05, 4.69) is 34.7 Å². The number of rotatable bonds is 7. The molecule has 0 saturated carbocycles. The second-order valence-electron chi connectivity index (χ2n) is 6.45. The van der Waals surface area contributed by atoms with Crippen molar-refractivity contribution >= 4 is 11.6 Å². The van der Waals surface area contributed by atoms with Crippen molar-refractivity contribution in [3.05, 3.63) is 65.5 Å². The molecule has 0 saturated heterocycles. The fourth-order valence-electron chi connectivity index (χ4n) is 2.58. The summed E-state index contributed by atoms with van der Waals surface area (Å²) in [6, 6.07) is 14.9. The quantitative estimate of drug-likeness (QED) is 0.691. The first-order valence-corrected chi connectivity index (χ1v) is 8.96. The zero-order chi connectivity index (χ0) is 19.2.